The number of benzene rings is 1. The Labute approximate surface area is 142 Å². The van der Waals surface area contributed by atoms with Gasteiger partial charge in [0.15, 0.2) is 5.82 Å². The summed E-state index contributed by atoms with van der Waals surface area (Å²) in [5, 5.41) is 7.97. The Bertz CT molecular complexity index is 656. The SMILES string of the molecule is COC(=O)[C@H]1CCCCC[C@H]1NCc1ncn(-c2ccccc2)n1. The van der Waals surface area contributed by atoms with Gasteiger partial charge in [-0.05, 0) is 25.0 Å². The van der Waals surface area contributed by atoms with E-state index in [4.69, 9.17) is 4.74 Å². The lowest BCUT2D eigenvalue weighted by Crippen LogP contribution is -2.39. The van der Waals surface area contributed by atoms with Crippen LogP contribution in [-0.4, -0.2) is 33.9 Å². The molecular formula is C18H24N4O2. The molecule has 3 rings (SSSR count). The molecule has 1 heterocycles. The van der Waals surface area contributed by atoms with E-state index >= 15 is 0 Å². The third kappa shape index (κ3) is 4.00. The molecule has 1 saturated carbocycles. The monoisotopic (exact) mass is 328 g/mol. The molecule has 128 valence electrons. The number of methoxy groups -OCH3 is 1. The standard InChI is InChI=1S/C18H24N4O2/c1-24-18(23)15-10-6-3-7-11-16(15)19-12-17-20-13-22(21-17)14-8-4-2-5-9-14/h2,4-5,8-9,13,15-16,19H,3,6-7,10-12H2,1H3/t15-,16+/m0/s1. The second-order valence-electron chi connectivity index (χ2n) is 6.20. The van der Waals surface area contributed by atoms with Gasteiger partial charge < -0.3 is 10.1 Å². The van der Waals surface area contributed by atoms with E-state index in [9.17, 15) is 4.79 Å². The van der Waals surface area contributed by atoms with Crippen molar-refractivity contribution in [1.82, 2.24) is 20.1 Å². The fraction of sp³-hybridized carbons (Fsp3) is 0.500. The van der Waals surface area contributed by atoms with Crippen LogP contribution in [0.2, 0.25) is 0 Å². The van der Waals surface area contributed by atoms with E-state index < -0.39 is 0 Å². The summed E-state index contributed by atoms with van der Waals surface area (Å²) >= 11 is 0. The van der Waals surface area contributed by atoms with Gasteiger partial charge in [-0.2, -0.15) is 0 Å². The minimum Gasteiger partial charge on any atom is -0.469 e. The van der Waals surface area contributed by atoms with Crippen LogP contribution in [-0.2, 0) is 16.1 Å². The Hall–Kier alpha value is -2.21. The van der Waals surface area contributed by atoms with E-state index in [1.54, 1.807) is 11.0 Å². The highest BCUT2D eigenvalue weighted by molar-refractivity contribution is 5.73. The lowest BCUT2D eigenvalue weighted by Gasteiger charge is -2.23. The van der Waals surface area contributed by atoms with Crippen molar-refractivity contribution < 1.29 is 9.53 Å². The summed E-state index contributed by atoms with van der Waals surface area (Å²) in [6.45, 7) is 0.554. The van der Waals surface area contributed by atoms with Crippen LogP contribution in [0.3, 0.4) is 0 Å². The Morgan fingerprint density at radius 2 is 2.04 bits per heavy atom. The first kappa shape index (κ1) is 16.6. The van der Waals surface area contributed by atoms with Gasteiger partial charge in [0.1, 0.15) is 6.33 Å². The molecule has 1 N–H and O–H groups in total. The molecule has 0 bridgehead atoms. The van der Waals surface area contributed by atoms with E-state index in [0.717, 1.165) is 37.2 Å². The highest BCUT2D eigenvalue weighted by Crippen LogP contribution is 2.24. The molecule has 0 saturated heterocycles. The number of nitrogens with one attached hydrogen (secondary N) is 1. The summed E-state index contributed by atoms with van der Waals surface area (Å²) in [5.74, 6) is 0.539. The van der Waals surface area contributed by atoms with E-state index in [2.05, 4.69) is 15.4 Å². The summed E-state index contributed by atoms with van der Waals surface area (Å²) in [4.78, 5) is 16.4. The number of hydrogen-bond donors (Lipinski definition) is 1. The van der Waals surface area contributed by atoms with E-state index in [0.29, 0.717) is 6.54 Å². The molecule has 0 aliphatic heterocycles. The normalized spacial score (nSPS) is 21.2. The molecule has 1 aromatic heterocycles. The second kappa shape index (κ2) is 8.06. The van der Waals surface area contributed by atoms with Crippen LogP contribution in [0.1, 0.15) is 37.9 Å². The van der Waals surface area contributed by atoms with Crippen LogP contribution in [0.4, 0.5) is 0 Å². The molecule has 6 nitrogen and oxygen atoms in total. The number of nitrogens with zero attached hydrogens (tertiary/aromatic N) is 3. The minimum atomic E-state index is -0.114. The molecule has 1 aliphatic carbocycles. The van der Waals surface area contributed by atoms with Crippen molar-refractivity contribution in [3.05, 3.63) is 42.5 Å². The van der Waals surface area contributed by atoms with Gasteiger partial charge >= 0.3 is 5.97 Å². The zero-order valence-corrected chi connectivity index (χ0v) is 14.0. The summed E-state index contributed by atoms with van der Waals surface area (Å²) < 4.78 is 6.74. The van der Waals surface area contributed by atoms with Crippen molar-refractivity contribution in [3.63, 3.8) is 0 Å². The molecule has 24 heavy (non-hydrogen) atoms. The first-order valence-electron chi connectivity index (χ1n) is 8.55. The Morgan fingerprint density at radius 3 is 2.83 bits per heavy atom. The lowest BCUT2D eigenvalue weighted by molar-refractivity contribution is -0.146. The van der Waals surface area contributed by atoms with Gasteiger partial charge in [0, 0.05) is 6.04 Å². The maximum atomic E-state index is 12.0. The highest BCUT2D eigenvalue weighted by atomic mass is 16.5. The molecule has 0 amide bonds. The topological polar surface area (TPSA) is 69.0 Å². The first-order valence-corrected chi connectivity index (χ1v) is 8.55. The summed E-state index contributed by atoms with van der Waals surface area (Å²) in [6.07, 6.45) is 6.98. The number of carbonyl (C=O) groups is 1. The number of para-hydroxylation sites is 1. The van der Waals surface area contributed by atoms with Crippen molar-refractivity contribution in [2.45, 2.75) is 44.7 Å². The second-order valence-corrected chi connectivity index (χ2v) is 6.20. The van der Waals surface area contributed by atoms with Gasteiger partial charge in [0.2, 0.25) is 0 Å². The van der Waals surface area contributed by atoms with Crippen LogP contribution >= 0.6 is 0 Å². The van der Waals surface area contributed by atoms with Gasteiger partial charge in [0.05, 0.1) is 25.3 Å². The number of hydrogen-bond acceptors (Lipinski definition) is 5. The van der Waals surface area contributed by atoms with Crippen molar-refractivity contribution in [3.8, 4) is 5.69 Å². The molecule has 0 unspecified atom stereocenters. The van der Waals surface area contributed by atoms with Gasteiger partial charge in [-0.15, -0.1) is 5.10 Å². The average Bonchev–Trinajstić information content (AvgIpc) is 2.98. The quantitative estimate of drug-likeness (QED) is 0.674. The molecule has 6 heteroatoms. The molecule has 2 aromatic rings. The summed E-state index contributed by atoms with van der Waals surface area (Å²) in [6, 6.07) is 10.0. The van der Waals surface area contributed by atoms with Crippen LogP contribution in [0.25, 0.3) is 5.69 Å². The predicted octanol–water partition coefficient (Wildman–Crippen LogP) is 2.48. The fourth-order valence-electron chi connectivity index (χ4n) is 3.29. The van der Waals surface area contributed by atoms with Crippen LogP contribution < -0.4 is 5.32 Å². The van der Waals surface area contributed by atoms with Crippen molar-refractivity contribution >= 4 is 5.97 Å². The van der Waals surface area contributed by atoms with Crippen LogP contribution in [0, 0.1) is 5.92 Å². The number of esters is 1. The maximum Gasteiger partial charge on any atom is 0.310 e. The Morgan fingerprint density at radius 1 is 1.25 bits per heavy atom. The van der Waals surface area contributed by atoms with Crippen molar-refractivity contribution in [2.24, 2.45) is 5.92 Å². The van der Waals surface area contributed by atoms with Crippen molar-refractivity contribution in [1.29, 1.82) is 0 Å². The smallest absolute Gasteiger partial charge is 0.310 e. The minimum absolute atomic E-state index is 0.0753. The molecule has 0 radical (unpaired) electrons. The van der Waals surface area contributed by atoms with Gasteiger partial charge in [-0.3, -0.25) is 4.79 Å². The zero-order chi connectivity index (χ0) is 16.8. The van der Waals surface area contributed by atoms with Crippen LogP contribution in [0.5, 0.6) is 0 Å². The van der Waals surface area contributed by atoms with E-state index in [1.807, 2.05) is 30.3 Å². The molecule has 1 aliphatic rings. The number of ether oxygens (including phenoxy) is 1. The third-order valence-corrected chi connectivity index (χ3v) is 4.60. The molecule has 1 fully saturated rings. The number of aromatic nitrogens is 3. The van der Waals surface area contributed by atoms with E-state index in [1.165, 1.54) is 13.5 Å². The molecule has 2 atom stereocenters. The van der Waals surface area contributed by atoms with Crippen molar-refractivity contribution in [2.75, 3.05) is 7.11 Å². The summed E-state index contributed by atoms with van der Waals surface area (Å²) in [7, 11) is 1.47. The van der Waals surface area contributed by atoms with Crippen LogP contribution in [0.15, 0.2) is 36.7 Å². The van der Waals surface area contributed by atoms with Gasteiger partial charge in [0.25, 0.3) is 0 Å². The van der Waals surface area contributed by atoms with Gasteiger partial charge in [-0.1, -0.05) is 37.5 Å². The molecule has 1 aromatic carbocycles. The Kier molecular flexibility index (Phi) is 5.59. The predicted molar refractivity (Wildman–Crippen MR) is 90.6 cm³/mol. The van der Waals surface area contributed by atoms with E-state index in [-0.39, 0.29) is 17.9 Å². The zero-order valence-electron chi connectivity index (χ0n) is 14.0. The molecule has 0 spiro atoms. The lowest BCUT2D eigenvalue weighted by atomic mass is 9.95. The Balaban J connectivity index is 1.63. The number of carbonyl (C=O) groups excluding carboxylic acids is 1. The molecular weight excluding hydrogens is 304 g/mol. The van der Waals surface area contributed by atoms with Gasteiger partial charge in [-0.25, -0.2) is 9.67 Å². The maximum absolute atomic E-state index is 12.0. The average molecular weight is 328 g/mol. The third-order valence-electron chi connectivity index (χ3n) is 4.60. The highest BCUT2D eigenvalue weighted by Gasteiger charge is 2.30. The summed E-state index contributed by atoms with van der Waals surface area (Å²) in [5.41, 5.74) is 0.984. The largest absolute Gasteiger partial charge is 0.469 e. The number of rotatable bonds is 5. The first-order chi connectivity index (χ1) is 11.8. The fourth-order valence-corrected chi connectivity index (χ4v) is 3.29.